The van der Waals surface area contributed by atoms with E-state index in [2.05, 4.69) is 10.2 Å². The monoisotopic (exact) mass is 247 g/mol. The molecule has 0 amide bonds. The number of carbonyl (C=O) groups excluding carboxylic acids is 1. The number of nitrogens with two attached hydrogens (primary N) is 2. The van der Waals surface area contributed by atoms with Crippen molar-refractivity contribution in [2.45, 2.75) is 0 Å². The average molecular weight is 247 g/mol. The Morgan fingerprint density at radius 1 is 1.22 bits per heavy atom. The lowest BCUT2D eigenvalue weighted by atomic mass is 10.4. The van der Waals surface area contributed by atoms with Crippen LogP contribution in [0, 0.1) is 11.3 Å². The second-order valence-electron chi connectivity index (χ2n) is 3.41. The van der Waals surface area contributed by atoms with Crippen LogP contribution in [0.1, 0.15) is 15.9 Å². The highest BCUT2D eigenvalue weighted by Crippen LogP contribution is 2.05. The number of rotatable bonds is 1. The second-order valence-corrected chi connectivity index (χ2v) is 3.41. The molecular weight excluding hydrogens is 234 g/mol. The average Bonchev–Trinajstić information content (AvgIpc) is 2.86. The van der Waals surface area contributed by atoms with Crippen molar-refractivity contribution in [1.29, 1.82) is 5.26 Å². The zero-order valence-electron chi connectivity index (χ0n) is 10.0. The van der Waals surface area contributed by atoms with Crippen molar-refractivity contribution < 1.29 is 4.79 Å². The van der Waals surface area contributed by atoms with Crippen molar-refractivity contribution in [1.82, 2.24) is 19.6 Å². The summed E-state index contributed by atoms with van der Waals surface area (Å²) in [6.45, 7) is 0. The van der Waals surface area contributed by atoms with E-state index in [1.54, 1.807) is 14.1 Å². The van der Waals surface area contributed by atoms with Crippen LogP contribution in [0.5, 0.6) is 0 Å². The topological polar surface area (TPSA) is 129 Å². The number of carbonyl (C=O) groups is 1. The van der Waals surface area contributed by atoms with Gasteiger partial charge in [0.15, 0.2) is 6.29 Å². The maximum Gasteiger partial charge on any atom is 0.155 e. The second kappa shape index (κ2) is 5.49. The van der Waals surface area contributed by atoms with Crippen molar-refractivity contribution in [3.63, 3.8) is 0 Å². The number of aromatic nitrogens is 4. The molecule has 0 spiro atoms. The van der Waals surface area contributed by atoms with Gasteiger partial charge in [-0.3, -0.25) is 14.2 Å². The Balaban J connectivity index is 0.000000180. The first-order valence-electron chi connectivity index (χ1n) is 4.91. The molecule has 0 fully saturated rings. The van der Waals surface area contributed by atoms with E-state index >= 15 is 0 Å². The molecular formula is C10H13N7O. The molecule has 8 heteroatoms. The van der Waals surface area contributed by atoms with Crippen LogP contribution in [0.25, 0.3) is 0 Å². The number of aryl methyl sites for hydroxylation is 2. The minimum absolute atomic E-state index is 0.407. The van der Waals surface area contributed by atoms with Crippen molar-refractivity contribution >= 4 is 17.9 Å². The zero-order chi connectivity index (χ0) is 13.7. The van der Waals surface area contributed by atoms with Gasteiger partial charge in [0.25, 0.3) is 0 Å². The van der Waals surface area contributed by atoms with Crippen LogP contribution in [-0.4, -0.2) is 25.8 Å². The molecule has 2 aromatic rings. The Kier molecular flexibility index (Phi) is 4.04. The van der Waals surface area contributed by atoms with Gasteiger partial charge < -0.3 is 11.5 Å². The molecule has 18 heavy (non-hydrogen) atoms. The van der Waals surface area contributed by atoms with Gasteiger partial charge in [0.1, 0.15) is 23.3 Å². The molecule has 0 aromatic carbocycles. The minimum Gasteiger partial charge on any atom is -0.383 e. The van der Waals surface area contributed by atoms with E-state index < -0.39 is 0 Å². The van der Waals surface area contributed by atoms with E-state index in [1.807, 2.05) is 6.07 Å². The normalized spacial score (nSPS) is 9.17. The smallest absolute Gasteiger partial charge is 0.155 e. The highest BCUT2D eigenvalue weighted by molar-refractivity contribution is 5.81. The number of nitrogen functional groups attached to an aromatic ring is 2. The minimum atomic E-state index is 0.407. The predicted molar refractivity (Wildman–Crippen MR) is 65.3 cm³/mol. The number of aldehydes is 1. The molecule has 8 nitrogen and oxygen atoms in total. The summed E-state index contributed by atoms with van der Waals surface area (Å²) in [6.07, 6.45) is 3.56. The van der Waals surface area contributed by atoms with Crippen molar-refractivity contribution in [2.24, 2.45) is 14.1 Å². The van der Waals surface area contributed by atoms with E-state index in [9.17, 15) is 4.79 Å². The summed E-state index contributed by atoms with van der Waals surface area (Å²) >= 11 is 0. The van der Waals surface area contributed by atoms with Gasteiger partial charge in [-0.05, 0) is 0 Å². The number of nitrogens with zero attached hydrogens (tertiary/aromatic N) is 5. The van der Waals surface area contributed by atoms with E-state index in [0.29, 0.717) is 29.0 Å². The maximum absolute atomic E-state index is 10.1. The first kappa shape index (κ1) is 13.2. The van der Waals surface area contributed by atoms with Crippen LogP contribution in [0.15, 0.2) is 12.4 Å². The molecule has 0 saturated heterocycles. The molecule has 4 N–H and O–H groups in total. The maximum atomic E-state index is 10.1. The molecule has 0 unspecified atom stereocenters. The quantitative estimate of drug-likeness (QED) is 0.665. The van der Waals surface area contributed by atoms with Crippen LogP contribution in [0.2, 0.25) is 0 Å². The summed E-state index contributed by atoms with van der Waals surface area (Å²) in [4.78, 5) is 10.1. The Morgan fingerprint density at radius 3 is 2.00 bits per heavy atom. The van der Waals surface area contributed by atoms with Gasteiger partial charge in [0.2, 0.25) is 0 Å². The van der Waals surface area contributed by atoms with Gasteiger partial charge in [-0.1, -0.05) is 0 Å². The first-order valence-corrected chi connectivity index (χ1v) is 4.91. The molecule has 94 valence electrons. The molecule has 2 aromatic heterocycles. The summed E-state index contributed by atoms with van der Waals surface area (Å²) in [5.41, 5.74) is 11.6. The van der Waals surface area contributed by atoms with Gasteiger partial charge in [-0.25, -0.2) is 0 Å². The molecule has 0 bridgehead atoms. The molecule has 0 aliphatic rings. The van der Waals surface area contributed by atoms with E-state index in [0.717, 1.165) is 0 Å². The number of anilines is 2. The Labute approximate surface area is 103 Å². The fourth-order valence-corrected chi connectivity index (χ4v) is 1.09. The SMILES string of the molecule is Cn1ncc(C#N)c1N.Cn1ncc(C=O)c1N. The Morgan fingerprint density at radius 2 is 1.78 bits per heavy atom. The summed E-state index contributed by atoms with van der Waals surface area (Å²) in [6, 6.07) is 1.91. The van der Waals surface area contributed by atoms with Crippen LogP contribution in [-0.2, 0) is 14.1 Å². The number of hydrogen-bond donors (Lipinski definition) is 2. The third-order valence-electron chi connectivity index (χ3n) is 2.25. The predicted octanol–water partition coefficient (Wildman–Crippen LogP) is -0.311. The third-order valence-corrected chi connectivity index (χ3v) is 2.25. The lowest BCUT2D eigenvalue weighted by molar-refractivity contribution is 0.112. The Hall–Kier alpha value is -2.82. The van der Waals surface area contributed by atoms with Gasteiger partial charge >= 0.3 is 0 Å². The van der Waals surface area contributed by atoms with Crippen LogP contribution in [0.4, 0.5) is 11.6 Å². The lowest BCUT2D eigenvalue weighted by Crippen LogP contribution is -1.98. The van der Waals surface area contributed by atoms with E-state index in [4.69, 9.17) is 16.7 Å². The van der Waals surface area contributed by atoms with Gasteiger partial charge in [-0.2, -0.15) is 15.5 Å². The number of hydrogen-bond acceptors (Lipinski definition) is 6. The standard InChI is InChI=1S/C5H6N4.C5H7N3O/c1-9-5(7)4(2-6)3-8-9;1-8-5(6)4(3-9)2-7-8/h3H,7H2,1H3;2-3H,6H2,1H3. The molecule has 0 saturated carbocycles. The number of nitriles is 1. The summed E-state index contributed by atoms with van der Waals surface area (Å²) < 4.78 is 2.91. The largest absolute Gasteiger partial charge is 0.383 e. The highest BCUT2D eigenvalue weighted by atomic mass is 16.1. The molecule has 2 heterocycles. The van der Waals surface area contributed by atoms with Crippen LogP contribution >= 0.6 is 0 Å². The molecule has 0 aliphatic carbocycles. The summed E-state index contributed by atoms with van der Waals surface area (Å²) in [7, 11) is 3.37. The van der Waals surface area contributed by atoms with Crippen molar-refractivity contribution in [2.75, 3.05) is 11.5 Å². The summed E-state index contributed by atoms with van der Waals surface area (Å²) in [5.74, 6) is 0.822. The zero-order valence-corrected chi connectivity index (χ0v) is 10.0. The third kappa shape index (κ3) is 2.65. The first-order chi connectivity index (χ1) is 8.51. The fraction of sp³-hybridized carbons (Fsp3) is 0.200. The Bertz CT molecular complexity index is 590. The van der Waals surface area contributed by atoms with Crippen LogP contribution < -0.4 is 11.5 Å². The molecule has 2 rings (SSSR count). The highest BCUT2D eigenvalue weighted by Gasteiger charge is 2.00. The van der Waals surface area contributed by atoms with Gasteiger partial charge in [0, 0.05) is 14.1 Å². The fourth-order valence-electron chi connectivity index (χ4n) is 1.09. The molecule has 0 aliphatic heterocycles. The van der Waals surface area contributed by atoms with E-state index in [1.165, 1.54) is 21.8 Å². The van der Waals surface area contributed by atoms with Crippen LogP contribution in [0.3, 0.4) is 0 Å². The van der Waals surface area contributed by atoms with Gasteiger partial charge in [0.05, 0.1) is 18.0 Å². The van der Waals surface area contributed by atoms with Crippen molar-refractivity contribution in [3.05, 3.63) is 23.5 Å². The lowest BCUT2D eigenvalue weighted by Gasteiger charge is -1.90. The van der Waals surface area contributed by atoms with Gasteiger partial charge in [-0.15, -0.1) is 0 Å². The van der Waals surface area contributed by atoms with Crippen molar-refractivity contribution in [3.8, 4) is 6.07 Å². The molecule has 0 atom stereocenters. The summed E-state index contributed by atoms with van der Waals surface area (Å²) in [5, 5.41) is 15.9. The van der Waals surface area contributed by atoms with E-state index in [-0.39, 0.29) is 0 Å². The molecule has 0 radical (unpaired) electrons.